The Morgan fingerprint density at radius 3 is 2.79 bits per heavy atom. The van der Waals surface area contributed by atoms with Gasteiger partial charge < -0.3 is 9.84 Å². The van der Waals surface area contributed by atoms with Crippen molar-refractivity contribution in [3.8, 4) is 0 Å². The van der Waals surface area contributed by atoms with Gasteiger partial charge in [-0.2, -0.15) is 4.72 Å². The Labute approximate surface area is 109 Å². The van der Waals surface area contributed by atoms with Gasteiger partial charge in [0.05, 0.1) is 6.20 Å². The van der Waals surface area contributed by atoms with Crippen LogP contribution in [0.3, 0.4) is 0 Å². The minimum absolute atomic E-state index is 0.0478. The predicted octanol–water partition coefficient (Wildman–Crippen LogP) is -0.0113. The number of ether oxygens (including phenoxy) is 1. The Hall–Kier alpha value is -1.58. The number of hydrogen-bond acceptors (Lipinski definition) is 5. The van der Waals surface area contributed by atoms with Gasteiger partial charge in [-0.25, -0.2) is 12.8 Å². The Balaban J connectivity index is 2.91. The number of carbonyl (C=O) groups is 1. The van der Waals surface area contributed by atoms with Crippen LogP contribution in [0, 0.1) is 5.82 Å². The monoisotopic (exact) mass is 292 g/mol. The maximum absolute atomic E-state index is 12.9. The van der Waals surface area contributed by atoms with Crippen LogP contribution in [-0.4, -0.2) is 44.2 Å². The molecule has 0 amide bonds. The standard InChI is InChI=1S/C10H13FN2O5S/c1-18-3-2-9(10(14)15)13-19(16,17)8-4-7(11)5-12-6-8/h4-6,9,13H,2-3H2,1H3,(H,14,15). The fourth-order valence-electron chi connectivity index (χ4n) is 1.26. The number of halogens is 1. The van der Waals surface area contributed by atoms with Crippen molar-refractivity contribution in [3.05, 3.63) is 24.3 Å². The third kappa shape index (κ3) is 4.54. The van der Waals surface area contributed by atoms with E-state index in [0.717, 1.165) is 18.5 Å². The van der Waals surface area contributed by atoms with E-state index in [2.05, 4.69) is 4.98 Å². The number of aromatic nitrogens is 1. The third-order valence-corrected chi connectivity index (χ3v) is 3.63. The van der Waals surface area contributed by atoms with E-state index in [-0.39, 0.29) is 13.0 Å². The van der Waals surface area contributed by atoms with E-state index in [1.807, 2.05) is 4.72 Å². The maximum atomic E-state index is 12.9. The first kappa shape index (κ1) is 15.5. The molecule has 2 N–H and O–H groups in total. The summed E-state index contributed by atoms with van der Waals surface area (Å²) in [6, 6.07) is -0.599. The van der Waals surface area contributed by atoms with Crippen LogP contribution in [0.5, 0.6) is 0 Å². The largest absolute Gasteiger partial charge is 0.480 e. The molecule has 0 saturated heterocycles. The molecule has 1 unspecified atom stereocenters. The summed E-state index contributed by atoms with van der Waals surface area (Å²) in [5, 5.41) is 8.89. The summed E-state index contributed by atoms with van der Waals surface area (Å²) in [7, 11) is -2.78. The minimum Gasteiger partial charge on any atom is -0.480 e. The van der Waals surface area contributed by atoms with Crippen LogP contribution in [0.2, 0.25) is 0 Å². The quantitative estimate of drug-likeness (QED) is 0.732. The molecule has 0 aliphatic heterocycles. The second-order valence-corrected chi connectivity index (χ2v) is 5.35. The summed E-state index contributed by atoms with van der Waals surface area (Å²) < 4.78 is 43.2. The topological polar surface area (TPSA) is 106 Å². The number of carboxylic acid groups (broad SMARTS) is 1. The predicted molar refractivity (Wildman–Crippen MR) is 62.4 cm³/mol. The van der Waals surface area contributed by atoms with Crippen molar-refractivity contribution in [3.63, 3.8) is 0 Å². The second kappa shape index (κ2) is 6.55. The van der Waals surface area contributed by atoms with Crippen LogP contribution in [0.1, 0.15) is 6.42 Å². The summed E-state index contributed by atoms with van der Waals surface area (Å²) in [5.41, 5.74) is 0. The maximum Gasteiger partial charge on any atom is 0.321 e. The molecule has 19 heavy (non-hydrogen) atoms. The van der Waals surface area contributed by atoms with E-state index in [9.17, 15) is 17.6 Å². The molecule has 9 heteroatoms. The van der Waals surface area contributed by atoms with Crippen molar-refractivity contribution >= 4 is 16.0 Å². The Bertz CT molecular complexity index is 549. The molecule has 1 aromatic rings. The Morgan fingerprint density at radius 1 is 1.58 bits per heavy atom. The molecule has 0 saturated carbocycles. The van der Waals surface area contributed by atoms with Crippen LogP contribution in [0.15, 0.2) is 23.4 Å². The van der Waals surface area contributed by atoms with E-state index >= 15 is 0 Å². The minimum atomic E-state index is -4.15. The van der Waals surface area contributed by atoms with Gasteiger partial charge in [0.1, 0.15) is 16.8 Å². The van der Waals surface area contributed by atoms with Crippen LogP contribution in [-0.2, 0) is 19.6 Å². The van der Waals surface area contributed by atoms with E-state index in [4.69, 9.17) is 9.84 Å². The normalized spacial score (nSPS) is 13.2. The summed E-state index contributed by atoms with van der Waals surface area (Å²) >= 11 is 0. The molecule has 1 atom stereocenters. The zero-order valence-electron chi connectivity index (χ0n) is 10.0. The third-order valence-electron chi connectivity index (χ3n) is 2.20. The number of carboxylic acids is 1. The summed E-state index contributed by atoms with van der Waals surface area (Å²) in [4.78, 5) is 13.9. The average molecular weight is 292 g/mol. The summed E-state index contributed by atoms with van der Waals surface area (Å²) in [5.74, 6) is -2.17. The van der Waals surface area contributed by atoms with E-state index in [0.29, 0.717) is 0 Å². The van der Waals surface area contributed by atoms with Gasteiger partial charge in [-0.1, -0.05) is 0 Å². The van der Waals surface area contributed by atoms with Crippen LogP contribution < -0.4 is 4.72 Å². The lowest BCUT2D eigenvalue weighted by Crippen LogP contribution is -2.41. The molecule has 1 heterocycles. The molecule has 106 valence electrons. The fraction of sp³-hybridized carbons (Fsp3) is 0.400. The van der Waals surface area contributed by atoms with E-state index in [1.165, 1.54) is 7.11 Å². The van der Waals surface area contributed by atoms with Crippen LogP contribution in [0.25, 0.3) is 0 Å². The zero-order chi connectivity index (χ0) is 14.5. The molecule has 0 radical (unpaired) electrons. The molecule has 0 bridgehead atoms. The number of rotatable bonds is 7. The first-order valence-electron chi connectivity index (χ1n) is 5.21. The van der Waals surface area contributed by atoms with E-state index in [1.54, 1.807) is 0 Å². The number of sulfonamides is 1. The van der Waals surface area contributed by atoms with Gasteiger partial charge in [0.15, 0.2) is 0 Å². The highest BCUT2D eigenvalue weighted by atomic mass is 32.2. The molecule has 0 aliphatic carbocycles. The number of nitrogens with zero attached hydrogens (tertiary/aromatic N) is 1. The van der Waals surface area contributed by atoms with Gasteiger partial charge in [0.25, 0.3) is 0 Å². The highest BCUT2D eigenvalue weighted by molar-refractivity contribution is 7.89. The lowest BCUT2D eigenvalue weighted by Gasteiger charge is -2.14. The van der Waals surface area contributed by atoms with Crippen LogP contribution in [0.4, 0.5) is 4.39 Å². The van der Waals surface area contributed by atoms with Gasteiger partial charge in [-0.05, 0) is 12.5 Å². The molecule has 7 nitrogen and oxygen atoms in total. The van der Waals surface area contributed by atoms with Gasteiger partial charge in [-0.3, -0.25) is 9.78 Å². The summed E-state index contributed by atoms with van der Waals surface area (Å²) in [6.45, 7) is 0.0703. The number of hydrogen-bond donors (Lipinski definition) is 2. The number of pyridine rings is 1. The Morgan fingerprint density at radius 2 is 2.26 bits per heavy atom. The van der Waals surface area contributed by atoms with E-state index < -0.39 is 32.7 Å². The van der Waals surface area contributed by atoms with Gasteiger partial charge in [0, 0.05) is 19.9 Å². The summed E-state index contributed by atoms with van der Waals surface area (Å²) in [6.07, 6.45) is 1.73. The van der Waals surface area contributed by atoms with Crippen molar-refractivity contribution in [2.75, 3.05) is 13.7 Å². The fourth-order valence-corrected chi connectivity index (χ4v) is 2.46. The van der Waals surface area contributed by atoms with Gasteiger partial charge in [-0.15, -0.1) is 0 Å². The molecule has 0 aliphatic rings. The molecule has 0 spiro atoms. The van der Waals surface area contributed by atoms with Crippen molar-refractivity contribution in [2.45, 2.75) is 17.4 Å². The molecular weight excluding hydrogens is 279 g/mol. The lowest BCUT2D eigenvalue weighted by molar-refractivity contribution is -0.139. The molecule has 1 aromatic heterocycles. The number of nitrogens with one attached hydrogen (secondary N) is 1. The van der Waals surface area contributed by atoms with Gasteiger partial charge >= 0.3 is 5.97 Å². The number of aliphatic carboxylic acids is 1. The molecule has 0 aromatic carbocycles. The first-order chi connectivity index (χ1) is 8.86. The van der Waals surface area contributed by atoms with Gasteiger partial charge in [0.2, 0.25) is 10.0 Å². The smallest absolute Gasteiger partial charge is 0.321 e. The highest BCUT2D eigenvalue weighted by Crippen LogP contribution is 2.10. The van der Waals surface area contributed by atoms with Crippen molar-refractivity contribution in [2.24, 2.45) is 0 Å². The SMILES string of the molecule is COCCC(NS(=O)(=O)c1cncc(F)c1)C(=O)O. The van der Waals surface area contributed by atoms with Crippen LogP contribution >= 0.6 is 0 Å². The molecule has 0 fully saturated rings. The van der Waals surface area contributed by atoms with Crippen molar-refractivity contribution < 1.29 is 27.4 Å². The molecular formula is C10H13FN2O5S. The lowest BCUT2D eigenvalue weighted by atomic mass is 10.2. The van der Waals surface area contributed by atoms with Crippen molar-refractivity contribution in [1.29, 1.82) is 0 Å². The average Bonchev–Trinajstić information content (AvgIpc) is 2.34. The van der Waals surface area contributed by atoms with Crippen molar-refractivity contribution in [1.82, 2.24) is 9.71 Å². The number of methoxy groups -OCH3 is 1. The first-order valence-corrected chi connectivity index (χ1v) is 6.70. The molecule has 1 rings (SSSR count). The Kier molecular flexibility index (Phi) is 5.33. The second-order valence-electron chi connectivity index (χ2n) is 3.63. The highest BCUT2D eigenvalue weighted by Gasteiger charge is 2.25. The zero-order valence-corrected chi connectivity index (χ0v) is 10.9.